The van der Waals surface area contributed by atoms with Gasteiger partial charge in [-0.2, -0.15) is 0 Å². The second-order valence-corrected chi connectivity index (χ2v) is 7.54. The molecule has 0 aliphatic heterocycles. The fourth-order valence-corrected chi connectivity index (χ4v) is 3.48. The quantitative estimate of drug-likeness (QED) is 0.390. The van der Waals surface area contributed by atoms with E-state index in [1.54, 1.807) is 25.6 Å². The van der Waals surface area contributed by atoms with Crippen molar-refractivity contribution >= 4 is 17.0 Å². The summed E-state index contributed by atoms with van der Waals surface area (Å²) in [5, 5.41) is 9.07. The Morgan fingerprint density at radius 1 is 1.06 bits per heavy atom. The van der Waals surface area contributed by atoms with Crippen molar-refractivity contribution in [3.05, 3.63) is 77.9 Å². The number of pyridine rings is 1. The fourth-order valence-electron chi connectivity index (χ4n) is 3.48. The second-order valence-electron chi connectivity index (χ2n) is 7.54. The summed E-state index contributed by atoms with van der Waals surface area (Å²) in [5.41, 5.74) is 3.55. The highest BCUT2D eigenvalue weighted by Crippen LogP contribution is 2.28. The number of ether oxygens (including phenoxy) is 3. The first kappa shape index (κ1) is 22.1. The van der Waals surface area contributed by atoms with Gasteiger partial charge in [-0.1, -0.05) is 12.1 Å². The van der Waals surface area contributed by atoms with Crippen LogP contribution in [0.15, 0.2) is 60.9 Å². The topological polar surface area (TPSA) is 95.7 Å². The Bertz CT molecular complexity index is 1250. The Balaban J connectivity index is 1.51. The maximum atomic E-state index is 11.0. The van der Waals surface area contributed by atoms with E-state index < -0.39 is 5.97 Å². The molecule has 2 aromatic heterocycles. The van der Waals surface area contributed by atoms with Crippen LogP contribution in [0.5, 0.6) is 17.2 Å². The molecular weight excluding hydrogens is 422 g/mol. The first-order valence-electron chi connectivity index (χ1n) is 10.5. The van der Waals surface area contributed by atoms with Crippen molar-refractivity contribution in [3.63, 3.8) is 0 Å². The van der Waals surface area contributed by atoms with Crippen LogP contribution in [0.3, 0.4) is 0 Å². The Morgan fingerprint density at radius 2 is 1.91 bits per heavy atom. The number of carboxylic acid groups (broad SMARTS) is 1. The first-order chi connectivity index (χ1) is 16.0. The van der Waals surface area contributed by atoms with Gasteiger partial charge in [-0.3, -0.25) is 9.78 Å². The van der Waals surface area contributed by atoms with E-state index in [4.69, 9.17) is 19.3 Å². The first-order valence-corrected chi connectivity index (χ1v) is 10.5. The number of imidazole rings is 1. The third kappa shape index (κ3) is 5.41. The standard InChI is InChI=1S/C25H25N3O5/c1-28-22-12-19(31-2)8-9-21(22)27-24(28)16-32-20-7-5-18(6-10-25(29)30)23(13-20)33-15-17-4-3-11-26-14-17/h3-5,7-9,11-14H,6,10,15-16H2,1-2H3,(H,29,30). The smallest absolute Gasteiger partial charge is 0.303 e. The maximum Gasteiger partial charge on any atom is 0.303 e. The maximum absolute atomic E-state index is 11.0. The van der Waals surface area contributed by atoms with Crippen LogP contribution < -0.4 is 14.2 Å². The van der Waals surface area contributed by atoms with Crippen LogP contribution >= 0.6 is 0 Å². The zero-order valence-corrected chi connectivity index (χ0v) is 18.5. The molecule has 0 aliphatic carbocycles. The molecule has 0 atom stereocenters. The van der Waals surface area contributed by atoms with Gasteiger partial charge >= 0.3 is 5.97 Å². The summed E-state index contributed by atoms with van der Waals surface area (Å²) in [6.45, 7) is 0.591. The number of benzene rings is 2. The predicted molar refractivity (Wildman–Crippen MR) is 123 cm³/mol. The van der Waals surface area contributed by atoms with Gasteiger partial charge in [0.1, 0.15) is 36.3 Å². The number of aliphatic carboxylic acids is 1. The second kappa shape index (κ2) is 10.0. The lowest BCUT2D eigenvalue weighted by atomic mass is 10.1. The number of methoxy groups -OCH3 is 1. The number of hydrogen-bond acceptors (Lipinski definition) is 6. The molecule has 170 valence electrons. The molecule has 2 heterocycles. The van der Waals surface area contributed by atoms with E-state index >= 15 is 0 Å². The molecule has 0 unspecified atom stereocenters. The minimum Gasteiger partial charge on any atom is -0.497 e. The van der Waals surface area contributed by atoms with E-state index in [2.05, 4.69) is 9.97 Å². The van der Waals surface area contributed by atoms with E-state index in [9.17, 15) is 4.79 Å². The van der Waals surface area contributed by atoms with Gasteiger partial charge in [-0.15, -0.1) is 0 Å². The molecule has 0 spiro atoms. The number of aryl methyl sites for hydroxylation is 2. The van der Waals surface area contributed by atoms with Gasteiger partial charge in [-0.05, 0) is 36.2 Å². The SMILES string of the molecule is COc1ccc2nc(COc3ccc(CCC(=O)O)c(OCc4cccnc4)c3)n(C)c2c1. The molecule has 4 aromatic rings. The molecule has 0 bridgehead atoms. The summed E-state index contributed by atoms with van der Waals surface area (Å²) < 4.78 is 19.3. The average molecular weight is 447 g/mol. The molecule has 0 radical (unpaired) electrons. The van der Waals surface area contributed by atoms with Crippen molar-refractivity contribution in [3.8, 4) is 17.2 Å². The van der Waals surface area contributed by atoms with Crippen LogP contribution in [-0.2, 0) is 31.5 Å². The molecule has 1 N–H and O–H groups in total. The Kier molecular flexibility index (Phi) is 6.73. The van der Waals surface area contributed by atoms with E-state index in [0.29, 0.717) is 24.5 Å². The largest absolute Gasteiger partial charge is 0.497 e. The number of aromatic nitrogens is 3. The monoisotopic (exact) mass is 447 g/mol. The average Bonchev–Trinajstić information content (AvgIpc) is 3.15. The van der Waals surface area contributed by atoms with Gasteiger partial charge in [0.2, 0.25) is 0 Å². The normalized spacial score (nSPS) is 10.8. The number of fused-ring (bicyclic) bond motifs is 1. The number of hydrogen-bond donors (Lipinski definition) is 1. The molecule has 0 fully saturated rings. The van der Waals surface area contributed by atoms with Crippen LogP contribution in [0.1, 0.15) is 23.4 Å². The third-order valence-corrected chi connectivity index (χ3v) is 5.31. The molecule has 0 saturated carbocycles. The van der Waals surface area contributed by atoms with Crippen LogP contribution in [0.2, 0.25) is 0 Å². The van der Waals surface area contributed by atoms with Crippen LogP contribution in [-0.4, -0.2) is 32.7 Å². The minimum atomic E-state index is -0.855. The van der Waals surface area contributed by atoms with Crippen molar-refractivity contribution in [2.24, 2.45) is 7.05 Å². The third-order valence-electron chi connectivity index (χ3n) is 5.31. The molecule has 0 saturated heterocycles. The van der Waals surface area contributed by atoms with Gasteiger partial charge in [0.05, 0.1) is 18.1 Å². The number of nitrogens with zero attached hydrogens (tertiary/aromatic N) is 3. The summed E-state index contributed by atoms with van der Waals surface area (Å²) in [5.74, 6) is 1.88. The molecule has 4 rings (SSSR count). The summed E-state index contributed by atoms with van der Waals surface area (Å²) in [6.07, 6.45) is 3.82. The highest BCUT2D eigenvalue weighted by molar-refractivity contribution is 5.77. The predicted octanol–water partition coefficient (Wildman–Crippen LogP) is 4.15. The van der Waals surface area contributed by atoms with Crippen LogP contribution in [0.4, 0.5) is 0 Å². The fraction of sp³-hybridized carbons (Fsp3) is 0.240. The number of rotatable bonds is 10. The summed E-state index contributed by atoms with van der Waals surface area (Å²) in [6, 6.07) is 14.9. The molecule has 8 heteroatoms. The van der Waals surface area contributed by atoms with Gasteiger partial charge < -0.3 is 23.9 Å². The summed E-state index contributed by atoms with van der Waals surface area (Å²) in [7, 11) is 3.57. The lowest BCUT2D eigenvalue weighted by Gasteiger charge is -2.14. The van der Waals surface area contributed by atoms with Crippen LogP contribution in [0.25, 0.3) is 11.0 Å². The van der Waals surface area contributed by atoms with Crippen molar-refractivity contribution in [2.75, 3.05) is 7.11 Å². The van der Waals surface area contributed by atoms with Crippen molar-refractivity contribution in [1.29, 1.82) is 0 Å². The van der Waals surface area contributed by atoms with Crippen molar-refractivity contribution < 1.29 is 24.1 Å². The van der Waals surface area contributed by atoms with Crippen molar-refractivity contribution in [1.82, 2.24) is 14.5 Å². The summed E-state index contributed by atoms with van der Waals surface area (Å²) in [4.78, 5) is 19.8. The van der Waals surface area contributed by atoms with Gasteiger partial charge in [-0.25, -0.2) is 4.98 Å². The summed E-state index contributed by atoms with van der Waals surface area (Å²) >= 11 is 0. The van der Waals surface area contributed by atoms with E-state index in [1.165, 1.54) is 0 Å². The molecule has 0 aliphatic rings. The lowest BCUT2D eigenvalue weighted by molar-refractivity contribution is -0.136. The molecule has 0 amide bonds. The molecular formula is C25H25N3O5. The highest BCUT2D eigenvalue weighted by Gasteiger charge is 2.12. The van der Waals surface area contributed by atoms with Gasteiger partial charge in [0, 0.05) is 43.6 Å². The van der Waals surface area contributed by atoms with E-state index in [0.717, 1.165) is 33.7 Å². The van der Waals surface area contributed by atoms with E-state index in [-0.39, 0.29) is 13.0 Å². The Labute approximate surface area is 191 Å². The van der Waals surface area contributed by atoms with E-state index in [1.807, 2.05) is 54.1 Å². The van der Waals surface area contributed by atoms with Crippen molar-refractivity contribution in [2.45, 2.75) is 26.1 Å². The Morgan fingerprint density at radius 3 is 2.67 bits per heavy atom. The number of carbonyl (C=O) groups is 1. The minimum absolute atomic E-state index is 0.0206. The van der Waals surface area contributed by atoms with Crippen LogP contribution in [0, 0.1) is 0 Å². The zero-order chi connectivity index (χ0) is 23.2. The molecule has 8 nitrogen and oxygen atoms in total. The Hall–Kier alpha value is -4.07. The lowest BCUT2D eigenvalue weighted by Crippen LogP contribution is -2.05. The molecule has 33 heavy (non-hydrogen) atoms. The van der Waals surface area contributed by atoms with Gasteiger partial charge in [0.15, 0.2) is 0 Å². The zero-order valence-electron chi connectivity index (χ0n) is 18.5. The number of carboxylic acids is 1. The molecule has 2 aromatic carbocycles. The highest BCUT2D eigenvalue weighted by atomic mass is 16.5. The van der Waals surface area contributed by atoms with Gasteiger partial charge in [0.25, 0.3) is 0 Å².